The molecular formula is C19H21N3O2S. The molecule has 6 heteroatoms. The highest BCUT2D eigenvalue weighted by atomic mass is 32.2. The van der Waals surface area contributed by atoms with E-state index in [4.69, 9.17) is 5.73 Å². The quantitative estimate of drug-likeness (QED) is 0.915. The molecule has 2 amide bonds. The maximum Gasteiger partial charge on any atom is 0.254 e. The molecule has 5 nitrogen and oxygen atoms in total. The second kappa shape index (κ2) is 7.70. The van der Waals surface area contributed by atoms with Crippen molar-refractivity contribution in [3.63, 3.8) is 0 Å². The SMILES string of the molecule is CC1CCC(C(N)=O)CN1C(=O)c1ccc(Sc2ccccn2)cc1. The number of benzene rings is 1. The van der Waals surface area contributed by atoms with E-state index < -0.39 is 0 Å². The van der Waals surface area contributed by atoms with Gasteiger partial charge in [0.05, 0.1) is 5.92 Å². The summed E-state index contributed by atoms with van der Waals surface area (Å²) in [6.07, 6.45) is 3.31. The number of piperidine rings is 1. The normalized spacial score (nSPS) is 20.3. The monoisotopic (exact) mass is 355 g/mol. The van der Waals surface area contributed by atoms with Gasteiger partial charge in [-0.25, -0.2) is 4.98 Å². The lowest BCUT2D eigenvalue weighted by atomic mass is 9.92. The van der Waals surface area contributed by atoms with Gasteiger partial charge >= 0.3 is 0 Å². The fourth-order valence-electron chi connectivity index (χ4n) is 2.98. The first-order valence-electron chi connectivity index (χ1n) is 8.34. The first-order chi connectivity index (χ1) is 12.0. The van der Waals surface area contributed by atoms with Gasteiger partial charge in [0.1, 0.15) is 5.03 Å². The number of amides is 2. The van der Waals surface area contributed by atoms with Gasteiger partial charge in [0.15, 0.2) is 0 Å². The minimum Gasteiger partial charge on any atom is -0.369 e. The van der Waals surface area contributed by atoms with E-state index in [2.05, 4.69) is 4.98 Å². The summed E-state index contributed by atoms with van der Waals surface area (Å²) in [5.74, 6) is -0.626. The highest BCUT2D eigenvalue weighted by Crippen LogP contribution is 2.27. The summed E-state index contributed by atoms with van der Waals surface area (Å²) in [7, 11) is 0. The Balaban J connectivity index is 1.70. The second-order valence-corrected chi connectivity index (χ2v) is 7.37. The molecule has 0 radical (unpaired) electrons. The molecule has 0 saturated carbocycles. The lowest BCUT2D eigenvalue weighted by Crippen LogP contribution is -2.48. The minimum absolute atomic E-state index is 0.0483. The molecule has 25 heavy (non-hydrogen) atoms. The van der Waals surface area contributed by atoms with Crippen LogP contribution in [0.15, 0.2) is 58.6 Å². The topological polar surface area (TPSA) is 76.3 Å². The molecule has 0 bridgehead atoms. The fourth-order valence-corrected chi connectivity index (χ4v) is 3.76. The van der Waals surface area contributed by atoms with Gasteiger partial charge in [0.2, 0.25) is 5.91 Å². The molecule has 2 atom stereocenters. The first-order valence-corrected chi connectivity index (χ1v) is 9.15. The molecule has 1 aromatic carbocycles. The van der Waals surface area contributed by atoms with E-state index in [1.54, 1.807) is 22.9 Å². The number of rotatable bonds is 4. The van der Waals surface area contributed by atoms with Crippen LogP contribution in [0.4, 0.5) is 0 Å². The number of primary amides is 1. The Morgan fingerprint density at radius 1 is 1.16 bits per heavy atom. The smallest absolute Gasteiger partial charge is 0.254 e. The van der Waals surface area contributed by atoms with Gasteiger partial charge in [0, 0.05) is 29.2 Å². The van der Waals surface area contributed by atoms with E-state index >= 15 is 0 Å². The Morgan fingerprint density at radius 2 is 1.92 bits per heavy atom. The van der Waals surface area contributed by atoms with E-state index in [0.29, 0.717) is 12.1 Å². The summed E-state index contributed by atoms with van der Waals surface area (Å²) in [6, 6.07) is 13.4. The van der Waals surface area contributed by atoms with Gasteiger partial charge in [-0.05, 0) is 56.2 Å². The van der Waals surface area contributed by atoms with Crippen molar-refractivity contribution in [1.82, 2.24) is 9.88 Å². The van der Waals surface area contributed by atoms with E-state index in [-0.39, 0.29) is 23.8 Å². The second-order valence-electron chi connectivity index (χ2n) is 6.28. The Kier molecular flexibility index (Phi) is 5.38. The first kappa shape index (κ1) is 17.5. The van der Waals surface area contributed by atoms with Crippen LogP contribution in [0.5, 0.6) is 0 Å². The Hall–Kier alpha value is -2.34. The summed E-state index contributed by atoms with van der Waals surface area (Å²) in [5.41, 5.74) is 6.05. The molecule has 130 valence electrons. The fraction of sp³-hybridized carbons (Fsp3) is 0.316. The predicted molar refractivity (Wildman–Crippen MR) is 97.2 cm³/mol. The summed E-state index contributed by atoms with van der Waals surface area (Å²) in [6.45, 7) is 2.42. The van der Waals surface area contributed by atoms with Gasteiger partial charge in [-0.2, -0.15) is 0 Å². The van der Waals surface area contributed by atoms with Crippen LogP contribution in [-0.4, -0.2) is 34.3 Å². The average molecular weight is 355 g/mol. The summed E-state index contributed by atoms with van der Waals surface area (Å²) in [5, 5.41) is 0.913. The van der Waals surface area contributed by atoms with E-state index in [0.717, 1.165) is 22.8 Å². The van der Waals surface area contributed by atoms with Crippen LogP contribution in [0.3, 0.4) is 0 Å². The van der Waals surface area contributed by atoms with Crippen molar-refractivity contribution in [1.29, 1.82) is 0 Å². The highest BCUT2D eigenvalue weighted by molar-refractivity contribution is 7.99. The molecule has 2 aromatic rings. The largest absolute Gasteiger partial charge is 0.369 e. The maximum atomic E-state index is 12.8. The molecule has 1 aliphatic rings. The lowest BCUT2D eigenvalue weighted by molar-refractivity contribution is -0.123. The van der Waals surface area contributed by atoms with Crippen LogP contribution >= 0.6 is 11.8 Å². The molecule has 1 fully saturated rings. The van der Waals surface area contributed by atoms with Crippen LogP contribution in [0.25, 0.3) is 0 Å². The molecule has 2 heterocycles. The number of nitrogens with two attached hydrogens (primary N) is 1. The van der Waals surface area contributed by atoms with Gasteiger partial charge in [-0.1, -0.05) is 17.8 Å². The van der Waals surface area contributed by atoms with E-state index in [9.17, 15) is 9.59 Å². The van der Waals surface area contributed by atoms with E-state index in [1.807, 2.05) is 49.4 Å². The number of hydrogen-bond acceptors (Lipinski definition) is 4. The number of carbonyl (C=O) groups is 2. The third kappa shape index (κ3) is 4.20. The number of pyridine rings is 1. The standard InChI is InChI=1S/C19H21N3O2S/c1-13-5-6-15(18(20)23)12-22(13)19(24)14-7-9-16(10-8-14)25-17-4-2-3-11-21-17/h2-4,7-11,13,15H,5-6,12H2,1H3,(H2,20,23). The Labute approximate surface area is 151 Å². The van der Waals surface area contributed by atoms with Gasteiger partial charge in [-0.15, -0.1) is 0 Å². The van der Waals surface area contributed by atoms with Gasteiger partial charge in [-0.3, -0.25) is 9.59 Å². The predicted octanol–water partition coefficient (Wildman–Crippen LogP) is 2.96. The number of carbonyl (C=O) groups excluding carboxylic acids is 2. The molecular weight excluding hydrogens is 334 g/mol. The Bertz CT molecular complexity index is 749. The van der Waals surface area contributed by atoms with Gasteiger partial charge < -0.3 is 10.6 Å². The van der Waals surface area contributed by atoms with Crippen molar-refractivity contribution in [3.8, 4) is 0 Å². The zero-order valence-electron chi connectivity index (χ0n) is 14.1. The molecule has 1 aliphatic heterocycles. The van der Waals surface area contributed by atoms with Crippen molar-refractivity contribution < 1.29 is 9.59 Å². The number of likely N-dealkylation sites (tertiary alicyclic amines) is 1. The summed E-state index contributed by atoms with van der Waals surface area (Å²) < 4.78 is 0. The molecule has 0 spiro atoms. The summed E-state index contributed by atoms with van der Waals surface area (Å²) in [4.78, 5) is 31.3. The van der Waals surface area contributed by atoms with Crippen molar-refractivity contribution in [3.05, 3.63) is 54.2 Å². The lowest BCUT2D eigenvalue weighted by Gasteiger charge is -2.37. The Morgan fingerprint density at radius 3 is 2.56 bits per heavy atom. The van der Waals surface area contributed by atoms with Crippen molar-refractivity contribution in [2.45, 2.75) is 35.7 Å². The number of nitrogens with zero attached hydrogens (tertiary/aromatic N) is 2. The van der Waals surface area contributed by atoms with Crippen LogP contribution < -0.4 is 5.73 Å². The highest BCUT2D eigenvalue weighted by Gasteiger charge is 2.32. The molecule has 1 saturated heterocycles. The van der Waals surface area contributed by atoms with Crippen molar-refractivity contribution in [2.24, 2.45) is 11.7 Å². The molecule has 2 N–H and O–H groups in total. The van der Waals surface area contributed by atoms with Gasteiger partial charge in [0.25, 0.3) is 5.91 Å². The van der Waals surface area contributed by atoms with Crippen LogP contribution in [0.2, 0.25) is 0 Å². The van der Waals surface area contributed by atoms with E-state index in [1.165, 1.54) is 0 Å². The molecule has 3 rings (SSSR count). The van der Waals surface area contributed by atoms with Crippen molar-refractivity contribution in [2.75, 3.05) is 6.54 Å². The third-order valence-corrected chi connectivity index (χ3v) is 5.47. The average Bonchev–Trinajstić information content (AvgIpc) is 2.63. The van der Waals surface area contributed by atoms with Crippen LogP contribution in [-0.2, 0) is 4.79 Å². The molecule has 0 aliphatic carbocycles. The minimum atomic E-state index is -0.327. The van der Waals surface area contributed by atoms with Crippen molar-refractivity contribution >= 4 is 23.6 Å². The number of aromatic nitrogens is 1. The zero-order chi connectivity index (χ0) is 17.8. The summed E-state index contributed by atoms with van der Waals surface area (Å²) >= 11 is 1.55. The zero-order valence-corrected chi connectivity index (χ0v) is 14.9. The molecule has 2 unspecified atom stereocenters. The number of hydrogen-bond donors (Lipinski definition) is 1. The van der Waals surface area contributed by atoms with Crippen LogP contribution in [0, 0.1) is 5.92 Å². The van der Waals surface area contributed by atoms with Crippen LogP contribution in [0.1, 0.15) is 30.1 Å². The third-order valence-electron chi connectivity index (χ3n) is 4.51. The molecule has 1 aromatic heterocycles. The maximum absolute atomic E-state index is 12.8.